The van der Waals surface area contributed by atoms with Crippen LogP contribution >= 0.6 is 0 Å². The summed E-state index contributed by atoms with van der Waals surface area (Å²) < 4.78 is 6.70. The van der Waals surface area contributed by atoms with Gasteiger partial charge in [-0.15, -0.1) is 0 Å². The van der Waals surface area contributed by atoms with E-state index < -0.39 is 0 Å². The van der Waals surface area contributed by atoms with Gasteiger partial charge in [-0.1, -0.05) is 107 Å². The fourth-order valence-electron chi connectivity index (χ4n) is 11.9. The van der Waals surface area contributed by atoms with Gasteiger partial charge in [-0.05, 0) is 145 Å². The Morgan fingerprint density at radius 3 is 2.18 bits per heavy atom. The van der Waals surface area contributed by atoms with Crippen LogP contribution in [0.3, 0.4) is 0 Å². The fraction of sp³-hybridized carbons (Fsp3) is 0.308. The first-order valence-corrected chi connectivity index (χ1v) is 20.8. The number of nitrogens with zero attached hydrogens (tertiary/aromatic N) is 2. The van der Waals surface area contributed by atoms with Crippen LogP contribution in [0.25, 0.3) is 44.2 Å². The molecule has 0 bridgehead atoms. The number of hydrogen-bond donors (Lipinski definition) is 0. The molecule has 1 saturated carbocycles. The number of fused-ring (bicyclic) bond motifs is 11. The molecule has 3 aliphatic heterocycles. The summed E-state index contributed by atoms with van der Waals surface area (Å²) in [4.78, 5) is 5.61. The second-order valence-electron chi connectivity index (χ2n) is 19.1. The van der Waals surface area contributed by atoms with Crippen LogP contribution in [-0.4, -0.2) is 12.4 Å². The molecule has 1 fully saturated rings. The molecule has 0 radical (unpaired) electrons. The average molecular weight is 731 g/mol. The molecule has 0 amide bonds. The van der Waals surface area contributed by atoms with Gasteiger partial charge < -0.3 is 14.1 Å². The molecule has 0 saturated heterocycles. The van der Waals surface area contributed by atoms with Crippen LogP contribution in [0, 0.1) is 27.7 Å². The highest BCUT2D eigenvalue weighted by molar-refractivity contribution is 6.94. The van der Waals surface area contributed by atoms with E-state index in [4.69, 9.17) is 4.42 Å². The van der Waals surface area contributed by atoms with E-state index in [1.165, 1.54) is 120 Å². The van der Waals surface area contributed by atoms with Gasteiger partial charge in [0.2, 0.25) is 0 Å². The maximum atomic E-state index is 6.70. The van der Waals surface area contributed by atoms with Crippen molar-refractivity contribution in [3.63, 3.8) is 0 Å². The number of para-hydroxylation sites is 2. The molecular weight excluding hydrogens is 679 g/mol. The van der Waals surface area contributed by atoms with Crippen molar-refractivity contribution >= 4 is 62.5 Å². The van der Waals surface area contributed by atoms with Gasteiger partial charge in [0, 0.05) is 39.1 Å². The first-order chi connectivity index (χ1) is 26.8. The zero-order valence-corrected chi connectivity index (χ0v) is 34.4. The quantitative estimate of drug-likeness (QED) is 0.165. The van der Waals surface area contributed by atoms with E-state index in [0.717, 1.165) is 11.2 Å². The van der Waals surface area contributed by atoms with Gasteiger partial charge in [0.15, 0.2) is 0 Å². The van der Waals surface area contributed by atoms with Crippen LogP contribution < -0.4 is 20.6 Å². The molecule has 2 unspecified atom stereocenters. The number of anilines is 4. The highest BCUT2D eigenvalue weighted by Crippen LogP contribution is 2.63. The maximum Gasteiger partial charge on any atom is 0.333 e. The molecule has 0 spiro atoms. The number of rotatable bonds is 2. The predicted molar refractivity (Wildman–Crippen MR) is 239 cm³/mol. The van der Waals surface area contributed by atoms with E-state index in [2.05, 4.69) is 169 Å². The molecule has 7 aromatic rings. The Kier molecular flexibility index (Phi) is 6.82. The van der Waals surface area contributed by atoms with Crippen molar-refractivity contribution in [2.75, 3.05) is 9.71 Å². The number of aryl methyl sites for hydroxylation is 4. The Labute approximate surface area is 332 Å². The molecule has 278 valence electrons. The SMILES string of the molecule is Cc1cc(C)c(-c2cc3c4c(c2)N2c5c(cc(C(C)(C)C)cc5C5(C)CCCCC25C)B4N(c2ccccc2C)c2c-3ccc3oc4ccccc4c23)c(C)c1. The average Bonchev–Trinajstić information content (AvgIpc) is 3.63. The Hall–Kier alpha value is -5.22. The minimum atomic E-state index is -0.0634. The lowest BCUT2D eigenvalue weighted by Gasteiger charge is -2.53. The lowest BCUT2D eigenvalue weighted by molar-refractivity contribution is 0.195. The third-order valence-corrected chi connectivity index (χ3v) is 14.7. The fourth-order valence-corrected chi connectivity index (χ4v) is 11.9. The molecule has 1 aromatic heterocycles. The van der Waals surface area contributed by atoms with Crippen LogP contribution in [0.4, 0.5) is 22.7 Å². The first-order valence-electron chi connectivity index (χ1n) is 20.8. The summed E-state index contributed by atoms with van der Waals surface area (Å²) in [6.45, 7) is 21.5. The Balaban J connectivity index is 1.36. The van der Waals surface area contributed by atoms with E-state index in [1.54, 1.807) is 5.56 Å². The van der Waals surface area contributed by atoms with Gasteiger partial charge in [0.05, 0.1) is 10.9 Å². The van der Waals surface area contributed by atoms with Gasteiger partial charge in [-0.25, -0.2) is 0 Å². The largest absolute Gasteiger partial charge is 0.456 e. The summed E-state index contributed by atoms with van der Waals surface area (Å²) >= 11 is 0. The van der Waals surface area contributed by atoms with E-state index in [-0.39, 0.29) is 23.2 Å². The van der Waals surface area contributed by atoms with Gasteiger partial charge in [0.25, 0.3) is 0 Å². The summed E-state index contributed by atoms with van der Waals surface area (Å²) in [5, 5.41) is 2.36. The van der Waals surface area contributed by atoms with Crippen molar-refractivity contribution < 1.29 is 4.42 Å². The van der Waals surface area contributed by atoms with Crippen LogP contribution in [-0.2, 0) is 10.8 Å². The summed E-state index contributed by atoms with van der Waals surface area (Å²) in [5.41, 5.74) is 23.5. The summed E-state index contributed by atoms with van der Waals surface area (Å²) in [7, 11) is 0. The smallest absolute Gasteiger partial charge is 0.333 e. The number of furan rings is 1. The van der Waals surface area contributed by atoms with Crippen LogP contribution in [0.5, 0.6) is 0 Å². The minimum absolute atomic E-state index is 0.0110. The summed E-state index contributed by atoms with van der Waals surface area (Å²) in [6, 6.07) is 37.4. The van der Waals surface area contributed by atoms with Crippen molar-refractivity contribution in [3.8, 4) is 22.3 Å². The molecule has 4 heteroatoms. The van der Waals surface area contributed by atoms with E-state index >= 15 is 0 Å². The van der Waals surface area contributed by atoms with E-state index in [1.807, 2.05) is 0 Å². The van der Waals surface area contributed by atoms with Crippen LogP contribution in [0.2, 0.25) is 0 Å². The molecule has 11 rings (SSSR count). The molecule has 3 nitrogen and oxygen atoms in total. The lowest BCUT2D eigenvalue weighted by Crippen LogP contribution is -2.64. The normalized spacial score (nSPS) is 20.7. The lowest BCUT2D eigenvalue weighted by atomic mass is 9.42. The standard InChI is InChI=1S/C52H51BN2O/c1-30-24-32(3)45(33(4)25-30)34-26-38-36-20-21-44-46(37-17-11-13-19-43(37)56-44)48(36)55(41-18-12-10-16-31(41)2)53-40-29-35(50(5,6)7)28-39-49(40)54(42(27-34)47(38)53)52(9)23-15-14-22-51(39,52)8/h10-13,16-21,24-29H,14-15,22-23H2,1-9H3. The third-order valence-electron chi connectivity index (χ3n) is 14.7. The number of benzene rings is 6. The molecule has 4 heterocycles. The molecular formula is C52H51BN2O. The third kappa shape index (κ3) is 4.26. The molecule has 4 aliphatic rings. The Morgan fingerprint density at radius 1 is 0.679 bits per heavy atom. The first kappa shape index (κ1) is 34.1. The van der Waals surface area contributed by atoms with Gasteiger partial charge in [0.1, 0.15) is 11.2 Å². The van der Waals surface area contributed by atoms with Gasteiger partial charge in [-0.3, -0.25) is 0 Å². The van der Waals surface area contributed by atoms with Crippen molar-refractivity contribution in [1.82, 2.24) is 0 Å². The molecule has 0 N–H and O–H groups in total. The predicted octanol–water partition coefficient (Wildman–Crippen LogP) is 12.8. The second kappa shape index (κ2) is 11.2. The highest BCUT2D eigenvalue weighted by atomic mass is 16.3. The monoisotopic (exact) mass is 730 g/mol. The highest BCUT2D eigenvalue weighted by Gasteiger charge is 2.62. The molecule has 1 aliphatic carbocycles. The number of hydrogen-bond acceptors (Lipinski definition) is 3. The van der Waals surface area contributed by atoms with Crippen molar-refractivity contribution in [1.29, 1.82) is 0 Å². The Bertz CT molecular complexity index is 2830. The Morgan fingerprint density at radius 2 is 1.41 bits per heavy atom. The zero-order chi connectivity index (χ0) is 38.6. The molecule has 6 aromatic carbocycles. The van der Waals surface area contributed by atoms with E-state index in [9.17, 15) is 0 Å². The second-order valence-corrected chi connectivity index (χ2v) is 19.1. The summed E-state index contributed by atoms with van der Waals surface area (Å²) in [5.74, 6) is 0. The molecule has 2 atom stereocenters. The zero-order valence-electron chi connectivity index (χ0n) is 34.4. The topological polar surface area (TPSA) is 19.6 Å². The van der Waals surface area contributed by atoms with E-state index in [0.29, 0.717) is 0 Å². The van der Waals surface area contributed by atoms with Crippen molar-refractivity contribution in [2.45, 2.75) is 104 Å². The van der Waals surface area contributed by atoms with Gasteiger partial charge in [-0.2, -0.15) is 0 Å². The van der Waals surface area contributed by atoms with Crippen molar-refractivity contribution in [3.05, 3.63) is 130 Å². The van der Waals surface area contributed by atoms with Crippen LogP contribution in [0.15, 0.2) is 101 Å². The maximum absolute atomic E-state index is 6.70. The minimum Gasteiger partial charge on any atom is -0.456 e. The molecule has 56 heavy (non-hydrogen) atoms. The van der Waals surface area contributed by atoms with Crippen molar-refractivity contribution in [2.24, 2.45) is 0 Å². The van der Waals surface area contributed by atoms with Crippen LogP contribution in [0.1, 0.15) is 93.7 Å². The summed E-state index contributed by atoms with van der Waals surface area (Å²) in [6.07, 6.45) is 4.90. The van der Waals surface area contributed by atoms with Gasteiger partial charge >= 0.3 is 6.85 Å².